The van der Waals surface area contributed by atoms with E-state index in [2.05, 4.69) is 25.1 Å². The van der Waals surface area contributed by atoms with Gasteiger partial charge in [-0.15, -0.1) is 0 Å². The summed E-state index contributed by atoms with van der Waals surface area (Å²) in [6.07, 6.45) is 10.2. The number of likely N-dealkylation sites (N-methyl/N-ethyl adjacent to an activating group) is 1. The zero-order valence-corrected chi connectivity index (χ0v) is 12.0. The zero-order valence-electron chi connectivity index (χ0n) is 11.2. The first-order valence-electron chi connectivity index (χ1n) is 6.58. The van der Waals surface area contributed by atoms with Gasteiger partial charge in [-0.25, -0.2) is 0 Å². The third-order valence-electron chi connectivity index (χ3n) is 4.31. The highest BCUT2D eigenvalue weighted by Crippen LogP contribution is 2.33. The number of thioether (sulfide) groups is 1. The zero-order chi connectivity index (χ0) is 12.0. The van der Waals surface area contributed by atoms with E-state index < -0.39 is 0 Å². The third kappa shape index (κ3) is 3.38. The number of nitrogens with two attached hydrogens (primary N) is 1. The second-order valence-electron chi connectivity index (χ2n) is 5.23. The minimum absolute atomic E-state index is 0.302. The molecular formula is C13H28N2S. The molecule has 1 rings (SSSR count). The fourth-order valence-electron chi connectivity index (χ4n) is 2.86. The number of nitrogens with zero attached hydrogens (tertiary/aromatic N) is 1. The first kappa shape index (κ1) is 14.3. The lowest BCUT2D eigenvalue weighted by Crippen LogP contribution is -2.56. The summed E-state index contributed by atoms with van der Waals surface area (Å²) in [5.74, 6) is 1.26. The van der Waals surface area contributed by atoms with Gasteiger partial charge in [0.15, 0.2) is 0 Å². The minimum atomic E-state index is 0.302. The molecule has 0 aromatic rings. The Kier molecular flexibility index (Phi) is 6.16. The molecule has 1 atom stereocenters. The highest BCUT2D eigenvalue weighted by Gasteiger charge is 2.36. The van der Waals surface area contributed by atoms with Gasteiger partial charge in [-0.2, -0.15) is 11.8 Å². The van der Waals surface area contributed by atoms with Gasteiger partial charge in [0, 0.05) is 18.1 Å². The van der Waals surface area contributed by atoms with Gasteiger partial charge in [0.25, 0.3) is 0 Å². The lowest BCUT2D eigenvalue weighted by molar-refractivity contribution is 0.0486. The van der Waals surface area contributed by atoms with Gasteiger partial charge >= 0.3 is 0 Å². The highest BCUT2D eigenvalue weighted by atomic mass is 32.2. The Bertz CT molecular complexity index is 190. The smallest absolute Gasteiger partial charge is 0.0331 e. The first-order chi connectivity index (χ1) is 7.66. The summed E-state index contributed by atoms with van der Waals surface area (Å²) in [6.45, 7) is 3.18. The van der Waals surface area contributed by atoms with Crippen molar-refractivity contribution >= 4 is 11.8 Å². The summed E-state index contributed by atoms with van der Waals surface area (Å²) < 4.78 is 0. The van der Waals surface area contributed by atoms with E-state index in [9.17, 15) is 0 Å². The van der Waals surface area contributed by atoms with E-state index in [1.54, 1.807) is 0 Å². The van der Waals surface area contributed by atoms with E-state index in [0.717, 1.165) is 6.54 Å². The van der Waals surface area contributed by atoms with Gasteiger partial charge in [-0.3, -0.25) is 4.90 Å². The fraction of sp³-hybridized carbons (Fsp3) is 1.00. The Balaban J connectivity index is 2.56. The summed E-state index contributed by atoms with van der Waals surface area (Å²) >= 11 is 1.94. The van der Waals surface area contributed by atoms with Crippen LogP contribution in [0.1, 0.15) is 45.4 Å². The number of hydrogen-bond donors (Lipinski definition) is 1. The van der Waals surface area contributed by atoms with Gasteiger partial charge in [-0.1, -0.05) is 19.3 Å². The Morgan fingerprint density at radius 1 is 1.31 bits per heavy atom. The monoisotopic (exact) mass is 244 g/mol. The molecule has 0 amide bonds. The summed E-state index contributed by atoms with van der Waals surface area (Å²) in [5, 5.41) is 0. The second-order valence-corrected chi connectivity index (χ2v) is 6.22. The SMILES string of the molecule is CSCCC(C)N(C)C1(CN)CCCCC1. The van der Waals surface area contributed by atoms with E-state index in [0.29, 0.717) is 11.6 Å². The molecule has 1 aliphatic rings. The Hall–Kier alpha value is 0.270. The molecule has 0 heterocycles. The quantitative estimate of drug-likeness (QED) is 0.779. The predicted molar refractivity (Wildman–Crippen MR) is 75.1 cm³/mol. The molecule has 2 N–H and O–H groups in total. The van der Waals surface area contributed by atoms with Crippen LogP contribution >= 0.6 is 11.8 Å². The average molecular weight is 244 g/mol. The van der Waals surface area contributed by atoms with Crippen molar-refractivity contribution < 1.29 is 0 Å². The van der Waals surface area contributed by atoms with Crippen LogP contribution in [0.5, 0.6) is 0 Å². The standard InChI is InChI=1S/C13H28N2S/c1-12(7-10-16-3)15(2)13(11-14)8-5-4-6-9-13/h12H,4-11,14H2,1-3H3. The lowest BCUT2D eigenvalue weighted by atomic mass is 9.79. The van der Waals surface area contributed by atoms with Crippen LogP contribution in [-0.4, -0.2) is 42.1 Å². The van der Waals surface area contributed by atoms with Gasteiger partial charge in [0.2, 0.25) is 0 Å². The van der Waals surface area contributed by atoms with Crippen LogP contribution in [0.4, 0.5) is 0 Å². The van der Waals surface area contributed by atoms with Crippen LogP contribution in [-0.2, 0) is 0 Å². The van der Waals surface area contributed by atoms with Crippen molar-refractivity contribution in [3.63, 3.8) is 0 Å². The second kappa shape index (κ2) is 6.87. The van der Waals surface area contributed by atoms with E-state index in [1.807, 2.05) is 11.8 Å². The van der Waals surface area contributed by atoms with Crippen LogP contribution in [0, 0.1) is 0 Å². The Morgan fingerprint density at radius 2 is 1.94 bits per heavy atom. The first-order valence-corrected chi connectivity index (χ1v) is 7.97. The van der Waals surface area contributed by atoms with Crippen molar-refractivity contribution in [3.05, 3.63) is 0 Å². The van der Waals surface area contributed by atoms with Crippen molar-refractivity contribution in [2.75, 3.05) is 25.6 Å². The van der Waals surface area contributed by atoms with Crippen molar-refractivity contribution in [2.45, 2.75) is 57.0 Å². The van der Waals surface area contributed by atoms with Crippen molar-refractivity contribution in [3.8, 4) is 0 Å². The molecule has 1 aliphatic carbocycles. The maximum Gasteiger partial charge on any atom is 0.0331 e. The highest BCUT2D eigenvalue weighted by molar-refractivity contribution is 7.98. The lowest BCUT2D eigenvalue weighted by Gasteiger charge is -2.47. The molecule has 16 heavy (non-hydrogen) atoms. The summed E-state index contributed by atoms with van der Waals surface area (Å²) in [6, 6.07) is 0.661. The van der Waals surface area contributed by atoms with Crippen LogP contribution in [0.15, 0.2) is 0 Å². The maximum atomic E-state index is 6.06. The molecule has 2 nitrogen and oxygen atoms in total. The fourth-order valence-corrected chi connectivity index (χ4v) is 3.44. The molecule has 3 heteroatoms. The van der Waals surface area contributed by atoms with Crippen molar-refractivity contribution in [1.29, 1.82) is 0 Å². The maximum absolute atomic E-state index is 6.06. The molecule has 0 aliphatic heterocycles. The topological polar surface area (TPSA) is 29.3 Å². The van der Waals surface area contributed by atoms with Crippen molar-refractivity contribution in [1.82, 2.24) is 4.90 Å². The third-order valence-corrected chi connectivity index (χ3v) is 4.96. The van der Waals surface area contributed by atoms with Crippen LogP contribution in [0.25, 0.3) is 0 Å². The number of rotatable bonds is 6. The Labute approximate surface area is 105 Å². The van der Waals surface area contributed by atoms with E-state index in [4.69, 9.17) is 5.73 Å². The molecule has 0 aromatic carbocycles. The normalized spacial score (nSPS) is 22.3. The molecular weight excluding hydrogens is 216 g/mol. The summed E-state index contributed by atoms with van der Waals surface area (Å²) in [7, 11) is 2.28. The minimum Gasteiger partial charge on any atom is -0.329 e. The predicted octanol–water partition coefficient (Wildman–Crippen LogP) is 2.72. The van der Waals surface area contributed by atoms with Crippen LogP contribution in [0.3, 0.4) is 0 Å². The largest absolute Gasteiger partial charge is 0.329 e. The Morgan fingerprint density at radius 3 is 2.44 bits per heavy atom. The molecule has 96 valence electrons. The van der Waals surface area contributed by atoms with E-state index in [1.165, 1.54) is 44.3 Å². The van der Waals surface area contributed by atoms with Crippen LogP contribution in [0.2, 0.25) is 0 Å². The molecule has 0 aromatic heterocycles. The molecule has 1 saturated carbocycles. The van der Waals surface area contributed by atoms with Crippen molar-refractivity contribution in [2.24, 2.45) is 5.73 Å². The number of hydrogen-bond acceptors (Lipinski definition) is 3. The molecule has 0 spiro atoms. The van der Waals surface area contributed by atoms with Gasteiger partial charge in [0.05, 0.1) is 0 Å². The van der Waals surface area contributed by atoms with Gasteiger partial charge in [0.1, 0.15) is 0 Å². The van der Waals surface area contributed by atoms with E-state index >= 15 is 0 Å². The summed E-state index contributed by atoms with van der Waals surface area (Å²) in [5.41, 5.74) is 6.36. The average Bonchev–Trinajstić information content (AvgIpc) is 2.35. The molecule has 0 radical (unpaired) electrons. The molecule has 1 unspecified atom stereocenters. The van der Waals surface area contributed by atoms with E-state index in [-0.39, 0.29) is 0 Å². The molecule has 0 saturated heterocycles. The van der Waals surface area contributed by atoms with Crippen LogP contribution < -0.4 is 5.73 Å². The van der Waals surface area contributed by atoms with Gasteiger partial charge in [-0.05, 0) is 45.2 Å². The summed E-state index contributed by atoms with van der Waals surface area (Å²) in [4.78, 5) is 2.57. The molecule has 0 bridgehead atoms. The molecule has 1 fully saturated rings. The van der Waals surface area contributed by atoms with Gasteiger partial charge < -0.3 is 5.73 Å².